The molecule has 1 atom stereocenters. The Balaban J connectivity index is 1.54. The van der Waals surface area contributed by atoms with E-state index >= 15 is 0 Å². The van der Waals surface area contributed by atoms with Crippen molar-refractivity contribution >= 4 is 17.6 Å². The van der Waals surface area contributed by atoms with Crippen LogP contribution in [0.25, 0.3) is 11.1 Å². The molecule has 0 aliphatic carbocycles. The minimum absolute atomic E-state index is 0.0580. The fourth-order valence-corrected chi connectivity index (χ4v) is 4.83. The Morgan fingerprint density at radius 2 is 1.30 bits per heavy atom. The van der Waals surface area contributed by atoms with Crippen LogP contribution in [0.2, 0.25) is 0 Å². The zero-order valence-corrected chi connectivity index (χ0v) is 26.2. The molecule has 8 nitrogen and oxygen atoms in total. The summed E-state index contributed by atoms with van der Waals surface area (Å²) in [5.41, 5.74) is 2.05. The third kappa shape index (κ3) is 11.1. The van der Waals surface area contributed by atoms with Gasteiger partial charge in [0.1, 0.15) is 5.75 Å². The number of nitro groups is 1. The molecule has 0 amide bonds. The van der Waals surface area contributed by atoms with Crippen molar-refractivity contribution in [1.82, 2.24) is 0 Å². The van der Waals surface area contributed by atoms with Gasteiger partial charge in [-0.05, 0) is 73.7 Å². The minimum atomic E-state index is -0.705. The van der Waals surface area contributed by atoms with Gasteiger partial charge in [-0.15, -0.1) is 0 Å². The number of carbonyl (C=O) groups is 2. The molecule has 0 N–H and O–H groups in total. The van der Waals surface area contributed by atoms with Crippen LogP contribution in [0.1, 0.15) is 112 Å². The topological polar surface area (TPSA) is 105 Å². The van der Waals surface area contributed by atoms with E-state index in [0.29, 0.717) is 17.9 Å². The molecule has 3 aromatic carbocycles. The standard InChI is InChI=1S/C36H45NO7/c1-4-6-8-10-11-13-25-42-35(38)30-17-15-28(16-18-30)29-19-22-32(23-20-29)44-36(39)31-21-24-34(33(26-31)37(40)41)43-27(3)14-12-9-7-5-2/h15-24,26-27H,4-14,25H2,1-3H3/t27-/m1/s1. The average molecular weight is 604 g/mol. The van der Waals surface area contributed by atoms with Crippen LogP contribution in [-0.2, 0) is 4.74 Å². The lowest BCUT2D eigenvalue weighted by Gasteiger charge is -2.15. The highest BCUT2D eigenvalue weighted by Crippen LogP contribution is 2.30. The van der Waals surface area contributed by atoms with Crippen molar-refractivity contribution in [2.24, 2.45) is 0 Å². The van der Waals surface area contributed by atoms with Crippen LogP contribution in [0.15, 0.2) is 66.7 Å². The molecule has 236 valence electrons. The maximum Gasteiger partial charge on any atom is 0.343 e. The van der Waals surface area contributed by atoms with Crippen LogP contribution >= 0.6 is 0 Å². The van der Waals surface area contributed by atoms with E-state index in [0.717, 1.165) is 56.1 Å². The second-order valence-corrected chi connectivity index (χ2v) is 11.1. The smallest absolute Gasteiger partial charge is 0.343 e. The van der Waals surface area contributed by atoms with Gasteiger partial charge < -0.3 is 14.2 Å². The van der Waals surface area contributed by atoms with Crippen molar-refractivity contribution < 1.29 is 28.7 Å². The maximum atomic E-state index is 12.8. The number of carbonyl (C=O) groups excluding carboxylic acids is 2. The third-order valence-corrected chi connectivity index (χ3v) is 7.43. The monoisotopic (exact) mass is 603 g/mol. The number of hydrogen-bond acceptors (Lipinski definition) is 7. The van der Waals surface area contributed by atoms with Gasteiger partial charge in [-0.1, -0.05) is 89.5 Å². The van der Waals surface area contributed by atoms with Gasteiger partial charge in [-0.3, -0.25) is 10.1 Å². The van der Waals surface area contributed by atoms with Gasteiger partial charge >= 0.3 is 17.6 Å². The van der Waals surface area contributed by atoms with Crippen molar-refractivity contribution in [2.45, 2.75) is 97.5 Å². The predicted octanol–water partition coefficient (Wildman–Crippen LogP) is 9.74. The molecular formula is C36H45NO7. The van der Waals surface area contributed by atoms with Crippen LogP contribution in [0.4, 0.5) is 5.69 Å². The fraction of sp³-hybridized carbons (Fsp3) is 0.444. The largest absolute Gasteiger partial charge is 0.484 e. The Bertz CT molecular complexity index is 1340. The lowest BCUT2D eigenvalue weighted by molar-refractivity contribution is -0.386. The van der Waals surface area contributed by atoms with E-state index in [9.17, 15) is 19.7 Å². The predicted molar refractivity (Wildman–Crippen MR) is 172 cm³/mol. The van der Waals surface area contributed by atoms with Crippen molar-refractivity contribution in [2.75, 3.05) is 6.61 Å². The first-order valence-corrected chi connectivity index (χ1v) is 15.9. The summed E-state index contributed by atoms with van der Waals surface area (Å²) in [6, 6.07) is 18.2. The van der Waals surface area contributed by atoms with E-state index in [-0.39, 0.29) is 29.1 Å². The first-order chi connectivity index (χ1) is 21.3. The van der Waals surface area contributed by atoms with Crippen LogP contribution in [0.5, 0.6) is 11.5 Å². The number of benzene rings is 3. The number of esters is 2. The number of nitro benzene ring substituents is 1. The number of ether oxygens (including phenoxy) is 3. The molecule has 0 bridgehead atoms. The third-order valence-electron chi connectivity index (χ3n) is 7.43. The first-order valence-electron chi connectivity index (χ1n) is 15.9. The lowest BCUT2D eigenvalue weighted by atomic mass is 10.0. The summed E-state index contributed by atoms with van der Waals surface area (Å²) in [5.74, 6) is -0.596. The van der Waals surface area contributed by atoms with Gasteiger partial charge in [0.25, 0.3) is 0 Å². The Hall–Kier alpha value is -4.20. The Labute approximate surface area is 260 Å². The maximum absolute atomic E-state index is 12.8. The van der Waals surface area contributed by atoms with Crippen molar-refractivity contribution in [3.63, 3.8) is 0 Å². The molecule has 0 aliphatic rings. The quantitative estimate of drug-likeness (QED) is 0.0441. The molecule has 44 heavy (non-hydrogen) atoms. The van der Waals surface area contributed by atoms with Crippen LogP contribution in [0.3, 0.4) is 0 Å². The molecule has 0 heterocycles. The summed E-state index contributed by atoms with van der Waals surface area (Å²) < 4.78 is 16.7. The lowest BCUT2D eigenvalue weighted by Crippen LogP contribution is -2.14. The highest BCUT2D eigenvalue weighted by Gasteiger charge is 2.21. The van der Waals surface area contributed by atoms with Gasteiger partial charge in [0.2, 0.25) is 0 Å². The number of unbranched alkanes of at least 4 members (excludes halogenated alkanes) is 8. The van der Waals surface area contributed by atoms with E-state index < -0.39 is 10.9 Å². The summed E-state index contributed by atoms with van der Waals surface area (Å²) in [6.45, 7) is 6.65. The average Bonchev–Trinajstić information content (AvgIpc) is 3.03. The molecular weight excluding hydrogens is 558 g/mol. The first kappa shape index (κ1) is 34.3. The normalized spacial score (nSPS) is 11.5. The SMILES string of the molecule is CCCCCCCCOC(=O)c1ccc(-c2ccc(OC(=O)c3ccc(O[C@H](C)CCCCCC)c([N+](=O)[O-])c3)cc2)cc1. The Morgan fingerprint density at radius 3 is 1.93 bits per heavy atom. The second kappa shape index (κ2) is 18.5. The number of hydrogen-bond donors (Lipinski definition) is 0. The molecule has 0 aliphatic heterocycles. The molecule has 0 unspecified atom stereocenters. The highest BCUT2D eigenvalue weighted by atomic mass is 16.6. The van der Waals surface area contributed by atoms with Crippen molar-refractivity contribution in [1.29, 1.82) is 0 Å². The molecule has 0 spiro atoms. The highest BCUT2D eigenvalue weighted by molar-refractivity contribution is 5.92. The molecule has 3 aromatic rings. The van der Waals surface area contributed by atoms with E-state index in [1.807, 2.05) is 19.1 Å². The summed E-state index contributed by atoms with van der Waals surface area (Å²) in [6.07, 6.45) is 11.8. The molecule has 8 heteroatoms. The van der Waals surface area contributed by atoms with Gasteiger partial charge in [0.15, 0.2) is 5.75 Å². The molecule has 0 saturated carbocycles. The van der Waals surface area contributed by atoms with Gasteiger partial charge in [0, 0.05) is 6.07 Å². The summed E-state index contributed by atoms with van der Waals surface area (Å²) in [5, 5.41) is 11.7. The van der Waals surface area contributed by atoms with Gasteiger partial charge in [-0.2, -0.15) is 0 Å². The zero-order chi connectivity index (χ0) is 31.7. The second-order valence-electron chi connectivity index (χ2n) is 11.1. The molecule has 0 saturated heterocycles. The molecule has 3 rings (SSSR count). The van der Waals surface area contributed by atoms with E-state index in [2.05, 4.69) is 13.8 Å². The van der Waals surface area contributed by atoms with Gasteiger partial charge in [0.05, 0.1) is 28.8 Å². The van der Waals surface area contributed by atoms with Crippen LogP contribution in [0, 0.1) is 10.1 Å². The summed E-state index contributed by atoms with van der Waals surface area (Å²) >= 11 is 0. The van der Waals surface area contributed by atoms with Gasteiger partial charge in [-0.25, -0.2) is 9.59 Å². The van der Waals surface area contributed by atoms with Crippen LogP contribution in [-0.4, -0.2) is 29.6 Å². The van der Waals surface area contributed by atoms with Crippen molar-refractivity contribution in [3.05, 3.63) is 88.0 Å². The minimum Gasteiger partial charge on any atom is -0.484 e. The van der Waals surface area contributed by atoms with Crippen molar-refractivity contribution in [3.8, 4) is 22.6 Å². The van der Waals surface area contributed by atoms with Crippen LogP contribution < -0.4 is 9.47 Å². The Morgan fingerprint density at radius 1 is 0.727 bits per heavy atom. The zero-order valence-electron chi connectivity index (χ0n) is 26.2. The van der Waals surface area contributed by atoms with E-state index in [1.54, 1.807) is 36.4 Å². The fourth-order valence-electron chi connectivity index (χ4n) is 4.83. The number of nitrogens with zero attached hydrogens (tertiary/aromatic N) is 1. The Kier molecular flexibility index (Phi) is 14.4. The molecule has 0 aromatic heterocycles. The summed E-state index contributed by atoms with van der Waals surface area (Å²) in [4.78, 5) is 36.3. The van der Waals surface area contributed by atoms with E-state index in [1.165, 1.54) is 43.9 Å². The summed E-state index contributed by atoms with van der Waals surface area (Å²) in [7, 11) is 0. The molecule has 0 radical (unpaired) electrons. The number of rotatable bonds is 19. The molecule has 0 fully saturated rings. The van der Waals surface area contributed by atoms with E-state index in [4.69, 9.17) is 14.2 Å².